The Balaban J connectivity index is 1.55. The van der Waals surface area contributed by atoms with Gasteiger partial charge < -0.3 is 14.8 Å². The van der Waals surface area contributed by atoms with Crippen molar-refractivity contribution in [2.45, 2.75) is 13.3 Å². The average Bonchev–Trinajstić information content (AvgIpc) is 2.66. The van der Waals surface area contributed by atoms with Crippen LogP contribution < -0.4 is 20.2 Å². The highest BCUT2D eigenvalue weighted by molar-refractivity contribution is 6.06. The van der Waals surface area contributed by atoms with E-state index in [4.69, 9.17) is 9.47 Å². The summed E-state index contributed by atoms with van der Waals surface area (Å²) in [7, 11) is 0. The van der Waals surface area contributed by atoms with Crippen molar-refractivity contribution in [2.75, 3.05) is 18.5 Å². The monoisotopic (exact) mass is 371 g/mol. The number of nitrogens with zero attached hydrogens (tertiary/aromatic N) is 1. The smallest absolute Gasteiger partial charge is 0.274 e. The fourth-order valence-corrected chi connectivity index (χ4v) is 2.45. The lowest BCUT2D eigenvalue weighted by molar-refractivity contribution is -0.115. The second-order valence-electron chi connectivity index (χ2n) is 5.85. The van der Waals surface area contributed by atoms with Crippen LogP contribution in [0.1, 0.15) is 23.7 Å². The van der Waals surface area contributed by atoms with Crippen molar-refractivity contribution in [2.24, 2.45) is 5.10 Å². The second-order valence-corrected chi connectivity index (χ2v) is 5.85. The number of halogens is 1. The molecule has 0 bridgehead atoms. The van der Waals surface area contributed by atoms with Gasteiger partial charge in [0.2, 0.25) is 5.91 Å². The van der Waals surface area contributed by atoms with E-state index in [1.807, 2.05) is 0 Å². The van der Waals surface area contributed by atoms with Crippen LogP contribution in [0.5, 0.6) is 11.5 Å². The van der Waals surface area contributed by atoms with E-state index >= 15 is 0 Å². The van der Waals surface area contributed by atoms with Crippen LogP contribution >= 0.6 is 0 Å². The van der Waals surface area contributed by atoms with Gasteiger partial charge in [-0.25, -0.2) is 9.82 Å². The van der Waals surface area contributed by atoms with Gasteiger partial charge in [0, 0.05) is 17.5 Å². The molecule has 2 aromatic carbocycles. The minimum atomic E-state index is -0.681. The van der Waals surface area contributed by atoms with E-state index in [2.05, 4.69) is 15.8 Å². The lowest BCUT2D eigenvalue weighted by Crippen LogP contribution is -2.22. The summed E-state index contributed by atoms with van der Waals surface area (Å²) in [4.78, 5) is 24.0. The molecule has 27 heavy (non-hydrogen) atoms. The number of anilines is 1. The number of hydrogen-bond donors (Lipinski definition) is 2. The van der Waals surface area contributed by atoms with Gasteiger partial charge in [-0.15, -0.1) is 0 Å². The highest BCUT2D eigenvalue weighted by Gasteiger charge is 2.14. The van der Waals surface area contributed by atoms with Crippen molar-refractivity contribution < 1.29 is 23.5 Å². The third-order valence-corrected chi connectivity index (χ3v) is 3.71. The Hall–Kier alpha value is -3.42. The summed E-state index contributed by atoms with van der Waals surface area (Å²) in [5.41, 5.74) is 3.06. The zero-order chi connectivity index (χ0) is 19.2. The second kappa shape index (κ2) is 8.31. The number of fused-ring (bicyclic) bond motifs is 1. The van der Waals surface area contributed by atoms with Crippen molar-refractivity contribution in [3.05, 3.63) is 53.8 Å². The number of nitrogens with one attached hydrogen (secondary N) is 2. The normalized spacial score (nSPS) is 13.0. The number of hydrazone groups is 1. The molecule has 0 fully saturated rings. The standard InChI is InChI=1S/C19H18FN3O4/c1-12(22-23-19(25)14-4-2-3-5-15(14)20)10-18(24)21-13-6-7-16-17(11-13)27-9-8-26-16/h2-7,11H,8-10H2,1H3,(H,21,24)(H,23,25)/b22-12-. The van der Waals surface area contributed by atoms with E-state index in [0.717, 1.165) is 0 Å². The number of rotatable bonds is 5. The zero-order valence-electron chi connectivity index (χ0n) is 14.6. The van der Waals surface area contributed by atoms with E-state index in [9.17, 15) is 14.0 Å². The lowest BCUT2D eigenvalue weighted by Gasteiger charge is -2.19. The van der Waals surface area contributed by atoms with Gasteiger partial charge in [-0.2, -0.15) is 5.10 Å². The highest BCUT2D eigenvalue weighted by atomic mass is 19.1. The molecule has 0 radical (unpaired) electrons. The minimum absolute atomic E-state index is 0.0357. The molecule has 0 saturated carbocycles. The minimum Gasteiger partial charge on any atom is -0.486 e. The molecule has 1 aliphatic rings. The first-order valence-electron chi connectivity index (χ1n) is 8.30. The van der Waals surface area contributed by atoms with Crippen LogP contribution in [0.3, 0.4) is 0 Å². The van der Waals surface area contributed by atoms with Gasteiger partial charge in [-0.05, 0) is 31.2 Å². The summed E-state index contributed by atoms with van der Waals surface area (Å²) >= 11 is 0. The fraction of sp³-hybridized carbons (Fsp3) is 0.211. The first kappa shape index (κ1) is 18.4. The van der Waals surface area contributed by atoms with Gasteiger partial charge in [-0.3, -0.25) is 9.59 Å². The number of carbonyl (C=O) groups excluding carboxylic acids is 2. The fourth-order valence-electron chi connectivity index (χ4n) is 2.45. The molecular weight excluding hydrogens is 353 g/mol. The molecule has 0 spiro atoms. The number of benzene rings is 2. The number of ether oxygens (including phenoxy) is 2. The third-order valence-electron chi connectivity index (χ3n) is 3.71. The third kappa shape index (κ3) is 4.81. The lowest BCUT2D eigenvalue weighted by atomic mass is 10.2. The predicted molar refractivity (Wildman–Crippen MR) is 97.7 cm³/mol. The van der Waals surface area contributed by atoms with Gasteiger partial charge in [-0.1, -0.05) is 12.1 Å². The van der Waals surface area contributed by atoms with Crippen LogP contribution in [0.15, 0.2) is 47.6 Å². The Bertz CT molecular complexity index is 898. The van der Waals surface area contributed by atoms with Crippen LogP contribution in [0.25, 0.3) is 0 Å². The molecule has 1 heterocycles. The summed E-state index contributed by atoms with van der Waals surface area (Å²) in [6.07, 6.45) is -0.0357. The molecule has 7 nitrogen and oxygen atoms in total. The van der Waals surface area contributed by atoms with Crippen molar-refractivity contribution in [1.29, 1.82) is 0 Å². The van der Waals surface area contributed by atoms with Crippen LogP contribution in [-0.2, 0) is 4.79 Å². The van der Waals surface area contributed by atoms with Gasteiger partial charge in [0.25, 0.3) is 5.91 Å². The molecule has 3 rings (SSSR count). The topological polar surface area (TPSA) is 89.0 Å². The van der Waals surface area contributed by atoms with E-state index in [-0.39, 0.29) is 17.9 Å². The Morgan fingerprint density at radius 3 is 2.63 bits per heavy atom. The Labute approximate surface area is 155 Å². The van der Waals surface area contributed by atoms with E-state index in [1.165, 1.54) is 18.2 Å². The number of hydrogen-bond acceptors (Lipinski definition) is 5. The summed E-state index contributed by atoms with van der Waals surface area (Å²) in [6, 6.07) is 10.7. The van der Waals surface area contributed by atoms with Crippen molar-refractivity contribution in [3.63, 3.8) is 0 Å². The molecule has 0 aliphatic carbocycles. The molecule has 8 heteroatoms. The molecule has 0 aromatic heterocycles. The van der Waals surface area contributed by atoms with Gasteiger partial charge in [0.1, 0.15) is 19.0 Å². The summed E-state index contributed by atoms with van der Waals surface area (Å²) in [5.74, 6) is -0.429. The maximum absolute atomic E-state index is 13.5. The number of carbonyl (C=O) groups is 2. The summed E-state index contributed by atoms with van der Waals surface area (Å²) in [5, 5.41) is 6.56. The van der Waals surface area contributed by atoms with Crippen molar-refractivity contribution in [3.8, 4) is 11.5 Å². The van der Waals surface area contributed by atoms with Crippen LogP contribution in [0.4, 0.5) is 10.1 Å². The maximum Gasteiger partial charge on any atom is 0.274 e. The van der Waals surface area contributed by atoms with Crippen LogP contribution in [0, 0.1) is 5.82 Å². The largest absolute Gasteiger partial charge is 0.486 e. The molecule has 2 N–H and O–H groups in total. The van der Waals surface area contributed by atoms with Gasteiger partial charge in [0.05, 0.1) is 12.0 Å². The highest BCUT2D eigenvalue weighted by Crippen LogP contribution is 2.32. The SMILES string of the molecule is C/C(CC(=O)Nc1ccc2c(c1)OCCO2)=N/NC(=O)c1ccccc1F. The van der Waals surface area contributed by atoms with Crippen LogP contribution in [0.2, 0.25) is 0 Å². The molecule has 1 aliphatic heterocycles. The molecule has 0 saturated heterocycles. The number of amides is 2. The average molecular weight is 371 g/mol. The first-order valence-corrected chi connectivity index (χ1v) is 8.30. The van der Waals surface area contributed by atoms with Crippen LogP contribution in [-0.4, -0.2) is 30.7 Å². The van der Waals surface area contributed by atoms with Gasteiger partial charge >= 0.3 is 0 Å². The van der Waals surface area contributed by atoms with E-state index in [0.29, 0.717) is 36.1 Å². The molecule has 0 unspecified atom stereocenters. The maximum atomic E-state index is 13.5. The Morgan fingerprint density at radius 1 is 1.11 bits per heavy atom. The molecular formula is C19H18FN3O4. The van der Waals surface area contributed by atoms with E-state index in [1.54, 1.807) is 31.2 Å². The van der Waals surface area contributed by atoms with Crippen molar-refractivity contribution >= 4 is 23.2 Å². The van der Waals surface area contributed by atoms with Gasteiger partial charge in [0.15, 0.2) is 11.5 Å². The predicted octanol–water partition coefficient (Wildman–Crippen LogP) is 2.73. The quantitative estimate of drug-likeness (QED) is 0.625. The molecule has 2 amide bonds. The van der Waals surface area contributed by atoms with E-state index < -0.39 is 11.7 Å². The summed E-state index contributed by atoms with van der Waals surface area (Å²) < 4.78 is 24.4. The molecule has 2 aromatic rings. The molecule has 140 valence electrons. The van der Waals surface area contributed by atoms with Crippen molar-refractivity contribution in [1.82, 2.24) is 5.43 Å². The first-order chi connectivity index (χ1) is 13.0. The Kier molecular flexibility index (Phi) is 5.65. The Morgan fingerprint density at radius 2 is 1.85 bits per heavy atom. The molecule has 0 atom stereocenters. The summed E-state index contributed by atoms with van der Waals surface area (Å²) in [6.45, 7) is 2.54. The zero-order valence-corrected chi connectivity index (χ0v) is 14.6.